The van der Waals surface area contributed by atoms with Crippen LogP contribution in [0.3, 0.4) is 0 Å². The van der Waals surface area contributed by atoms with Crippen molar-refractivity contribution in [3.05, 3.63) is 0 Å². The lowest BCUT2D eigenvalue weighted by atomic mass is 10.1. The van der Waals surface area contributed by atoms with E-state index in [1.54, 1.807) is 7.11 Å². The summed E-state index contributed by atoms with van der Waals surface area (Å²) in [7, 11) is 1.51. The zero-order chi connectivity index (χ0) is 12.1. The lowest BCUT2D eigenvalue weighted by Crippen LogP contribution is -1.97. The molecule has 0 saturated carbocycles. The Hall–Kier alpha value is 0.197. The van der Waals surface area contributed by atoms with Crippen molar-refractivity contribution >= 4 is 26.6 Å². The minimum absolute atomic E-state index is 0.273. The summed E-state index contributed by atoms with van der Waals surface area (Å²) in [6.07, 6.45) is 8.08. The maximum atomic E-state index is 11.5. The van der Waals surface area contributed by atoms with Gasteiger partial charge in [-0.2, -0.15) is 0 Å². The van der Waals surface area contributed by atoms with Gasteiger partial charge in [0, 0.05) is 19.3 Å². The number of unbranched alkanes of at least 4 members (excludes halogenated alkanes) is 4. The van der Waals surface area contributed by atoms with E-state index in [4.69, 9.17) is 4.43 Å². The Bertz CT molecular complexity index is 149. The zero-order valence-electron chi connectivity index (χ0n) is 10.8. The molecule has 0 spiro atoms. The Morgan fingerprint density at radius 3 is 2.62 bits per heavy atom. The largest absolute Gasteiger partial charge is 0.427 e. The Balaban J connectivity index is 3.12. The fraction of sp³-hybridized carbons (Fsp3) is 0.917. The lowest BCUT2D eigenvalue weighted by Gasteiger charge is -2.01. The molecule has 0 aromatic carbocycles. The topological polar surface area (TPSA) is 26.3 Å². The Morgan fingerprint density at radius 2 is 1.94 bits per heavy atom. The van der Waals surface area contributed by atoms with Crippen LogP contribution in [-0.4, -0.2) is 27.7 Å². The standard InChI is InChI=1S/C12H26O2SSi/c1-3-4-5-6-7-9-12(13)15-10-8-11-16-14-2/h3-11,16H2,1-2H3. The zero-order valence-corrected chi connectivity index (χ0v) is 13.0. The van der Waals surface area contributed by atoms with Gasteiger partial charge in [0.05, 0.1) is 0 Å². The van der Waals surface area contributed by atoms with Gasteiger partial charge in [-0.1, -0.05) is 44.4 Å². The lowest BCUT2D eigenvalue weighted by molar-refractivity contribution is -0.111. The van der Waals surface area contributed by atoms with E-state index in [-0.39, 0.29) is 9.76 Å². The summed E-state index contributed by atoms with van der Waals surface area (Å²) in [5, 5.41) is 0.385. The fourth-order valence-corrected chi connectivity index (χ4v) is 3.45. The number of carbonyl (C=O) groups excluding carboxylic acids is 1. The highest BCUT2D eigenvalue weighted by Gasteiger charge is 2.02. The van der Waals surface area contributed by atoms with Crippen molar-refractivity contribution in [1.29, 1.82) is 0 Å². The molecular weight excluding hydrogens is 236 g/mol. The molecule has 96 valence electrons. The number of carbonyl (C=O) groups is 1. The van der Waals surface area contributed by atoms with Crippen LogP contribution in [0.5, 0.6) is 0 Å². The van der Waals surface area contributed by atoms with Crippen molar-refractivity contribution in [3.63, 3.8) is 0 Å². The Morgan fingerprint density at radius 1 is 1.19 bits per heavy atom. The van der Waals surface area contributed by atoms with Gasteiger partial charge in [-0.25, -0.2) is 0 Å². The maximum absolute atomic E-state index is 11.5. The predicted octanol–water partition coefficient (Wildman–Crippen LogP) is 3.15. The molecule has 0 fully saturated rings. The third kappa shape index (κ3) is 12.3. The average molecular weight is 262 g/mol. The van der Waals surface area contributed by atoms with Crippen LogP contribution in [0.25, 0.3) is 0 Å². The monoisotopic (exact) mass is 262 g/mol. The van der Waals surface area contributed by atoms with Crippen LogP contribution in [0, 0.1) is 0 Å². The van der Waals surface area contributed by atoms with Crippen molar-refractivity contribution in [2.24, 2.45) is 0 Å². The molecule has 0 rings (SSSR count). The quantitative estimate of drug-likeness (QED) is 0.423. The number of rotatable bonds is 11. The van der Waals surface area contributed by atoms with E-state index in [9.17, 15) is 4.79 Å². The molecule has 0 aliphatic rings. The third-order valence-electron chi connectivity index (χ3n) is 2.49. The smallest absolute Gasteiger partial charge is 0.188 e. The molecular formula is C12H26O2SSi. The van der Waals surface area contributed by atoms with Crippen LogP contribution < -0.4 is 0 Å². The molecule has 4 heteroatoms. The van der Waals surface area contributed by atoms with Gasteiger partial charge in [0.2, 0.25) is 0 Å². The molecule has 0 aromatic rings. The first kappa shape index (κ1) is 16.2. The van der Waals surface area contributed by atoms with Gasteiger partial charge in [0.25, 0.3) is 0 Å². The summed E-state index contributed by atoms with van der Waals surface area (Å²) in [5.74, 6) is 0.990. The number of hydrogen-bond donors (Lipinski definition) is 0. The van der Waals surface area contributed by atoms with Crippen molar-refractivity contribution < 1.29 is 9.22 Å². The first-order valence-electron chi connectivity index (χ1n) is 6.45. The normalized spacial score (nSPS) is 11.4. The van der Waals surface area contributed by atoms with E-state index in [2.05, 4.69) is 6.92 Å². The molecule has 0 N–H and O–H groups in total. The van der Waals surface area contributed by atoms with Crippen molar-refractivity contribution in [3.8, 4) is 0 Å². The van der Waals surface area contributed by atoms with E-state index in [1.807, 2.05) is 0 Å². The van der Waals surface area contributed by atoms with Crippen LogP contribution >= 0.6 is 11.8 Å². The number of hydrogen-bond acceptors (Lipinski definition) is 3. The minimum atomic E-state index is -0.273. The van der Waals surface area contributed by atoms with Crippen molar-refractivity contribution in [2.45, 2.75) is 57.9 Å². The minimum Gasteiger partial charge on any atom is -0.427 e. The molecule has 0 radical (unpaired) electrons. The van der Waals surface area contributed by atoms with Crippen molar-refractivity contribution in [1.82, 2.24) is 0 Å². The molecule has 0 heterocycles. The SMILES string of the molecule is CCCCCCCC(=O)SCCC[SiH2]OC. The van der Waals surface area contributed by atoms with E-state index in [0.717, 1.165) is 25.0 Å². The molecule has 16 heavy (non-hydrogen) atoms. The molecule has 0 atom stereocenters. The highest BCUT2D eigenvalue weighted by Crippen LogP contribution is 2.13. The van der Waals surface area contributed by atoms with Crippen LogP contribution in [-0.2, 0) is 9.22 Å². The highest BCUT2D eigenvalue weighted by molar-refractivity contribution is 8.13. The fourth-order valence-electron chi connectivity index (χ4n) is 1.48. The van der Waals surface area contributed by atoms with Gasteiger partial charge in [-0.15, -0.1) is 0 Å². The summed E-state index contributed by atoms with van der Waals surface area (Å²) >= 11 is 1.52. The second kappa shape index (κ2) is 13.3. The maximum Gasteiger partial charge on any atom is 0.188 e. The molecule has 0 amide bonds. The summed E-state index contributed by atoms with van der Waals surface area (Å²) in [4.78, 5) is 11.5. The van der Waals surface area contributed by atoms with Crippen LogP contribution in [0.1, 0.15) is 51.9 Å². The summed E-state index contributed by atoms with van der Waals surface area (Å²) in [5.41, 5.74) is 0. The molecule has 0 saturated heterocycles. The second-order valence-electron chi connectivity index (χ2n) is 4.08. The molecule has 0 aliphatic carbocycles. The van der Waals surface area contributed by atoms with Crippen LogP contribution in [0.2, 0.25) is 6.04 Å². The third-order valence-corrected chi connectivity index (χ3v) is 4.71. The van der Waals surface area contributed by atoms with E-state index in [1.165, 1.54) is 43.5 Å². The van der Waals surface area contributed by atoms with Gasteiger partial charge in [-0.3, -0.25) is 4.79 Å². The average Bonchev–Trinajstić information content (AvgIpc) is 2.28. The molecule has 0 aliphatic heterocycles. The van der Waals surface area contributed by atoms with Gasteiger partial charge < -0.3 is 4.43 Å². The summed E-state index contributed by atoms with van der Waals surface area (Å²) < 4.78 is 5.10. The van der Waals surface area contributed by atoms with E-state index in [0.29, 0.717) is 5.12 Å². The van der Waals surface area contributed by atoms with Crippen LogP contribution in [0.15, 0.2) is 0 Å². The first-order valence-corrected chi connectivity index (χ1v) is 9.02. The van der Waals surface area contributed by atoms with E-state index < -0.39 is 0 Å². The van der Waals surface area contributed by atoms with Gasteiger partial charge in [0.1, 0.15) is 0 Å². The molecule has 0 unspecified atom stereocenters. The van der Waals surface area contributed by atoms with Gasteiger partial charge >= 0.3 is 0 Å². The van der Waals surface area contributed by atoms with Gasteiger partial charge in [0.15, 0.2) is 14.9 Å². The molecule has 0 bridgehead atoms. The molecule has 2 nitrogen and oxygen atoms in total. The second-order valence-corrected chi connectivity index (χ2v) is 6.93. The summed E-state index contributed by atoms with van der Waals surface area (Å²) in [6, 6.07) is 1.20. The Labute approximate surface area is 107 Å². The first-order chi connectivity index (χ1) is 7.81. The van der Waals surface area contributed by atoms with E-state index >= 15 is 0 Å². The van der Waals surface area contributed by atoms with Crippen LogP contribution in [0.4, 0.5) is 0 Å². The van der Waals surface area contributed by atoms with Gasteiger partial charge in [-0.05, 0) is 18.9 Å². The summed E-state index contributed by atoms with van der Waals surface area (Å²) in [6.45, 7) is 2.21. The molecule has 0 aromatic heterocycles. The van der Waals surface area contributed by atoms with Crippen molar-refractivity contribution in [2.75, 3.05) is 12.9 Å². The highest BCUT2D eigenvalue weighted by atomic mass is 32.2. The predicted molar refractivity (Wildman–Crippen MR) is 75.8 cm³/mol. The Kier molecular flexibility index (Phi) is 13.4. The number of thioether (sulfide) groups is 1.